The molecule has 1 aliphatic rings. The molecule has 1 aliphatic carbocycles. The molecule has 2 aromatic heterocycles. The largest absolute Gasteiger partial charge is 0.493 e. The summed E-state index contributed by atoms with van der Waals surface area (Å²) >= 11 is 3.01. The summed E-state index contributed by atoms with van der Waals surface area (Å²) in [5, 5.41) is 15.9. The Morgan fingerprint density at radius 1 is 1.23 bits per heavy atom. The van der Waals surface area contributed by atoms with Crippen molar-refractivity contribution in [2.45, 2.75) is 32.1 Å². The molecule has 2 heterocycles. The van der Waals surface area contributed by atoms with E-state index in [9.17, 15) is 10.1 Å². The summed E-state index contributed by atoms with van der Waals surface area (Å²) in [5.41, 5.74) is 3.35. The van der Waals surface area contributed by atoms with Crippen LogP contribution < -0.4 is 14.8 Å². The summed E-state index contributed by atoms with van der Waals surface area (Å²) in [6.07, 6.45) is 4.32. The molecule has 0 spiro atoms. The minimum absolute atomic E-state index is 0.158. The lowest BCUT2D eigenvalue weighted by molar-refractivity contribution is -0.115. The molecular weight excluding hydrogens is 418 g/mol. The van der Waals surface area contributed by atoms with Crippen LogP contribution in [0.5, 0.6) is 11.5 Å². The predicted octanol–water partition coefficient (Wildman–Crippen LogP) is 4.82. The Kier molecular flexibility index (Phi) is 6.02. The fourth-order valence-corrected chi connectivity index (χ4v) is 5.67. The van der Waals surface area contributed by atoms with Gasteiger partial charge in [-0.05, 0) is 49.4 Å². The number of carbonyl (C=O) groups excluding carboxylic acids is 1. The summed E-state index contributed by atoms with van der Waals surface area (Å²) in [6.45, 7) is 0. The van der Waals surface area contributed by atoms with Crippen LogP contribution in [0.4, 0.5) is 5.00 Å². The number of nitriles is 1. The van der Waals surface area contributed by atoms with Gasteiger partial charge in [0, 0.05) is 15.8 Å². The number of aromatic nitrogens is 1. The molecule has 154 valence electrons. The lowest BCUT2D eigenvalue weighted by Crippen LogP contribution is -2.14. The van der Waals surface area contributed by atoms with Crippen molar-refractivity contribution >= 4 is 33.6 Å². The molecule has 6 nitrogen and oxygen atoms in total. The monoisotopic (exact) mass is 439 g/mol. The number of nitrogens with zero attached hydrogens (tertiary/aromatic N) is 2. The van der Waals surface area contributed by atoms with Crippen molar-refractivity contribution in [1.29, 1.82) is 5.26 Å². The first-order valence-corrected chi connectivity index (χ1v) is 11.3. The van der Waals surface area contributed by atoms with Gasteiger partial charge in [-0.1, -0.05) is 0 Å². The summed E-state index contributed by atoms with van der Waals surface area (Å²) < 4.78 is 10.6. The Morgan fingerprint density at radius 2 is 2.03 bits per heavy atom. The predicted molar refractivity (Wildman–Crippen MR) is 119 cm³/mol. The second-order valence-electron chi connectivity index (χ2n) is 6.97. The molecule has 1 aromatic carbocycles. The van der Waals surface area contributed by atoms with Gasteiger partial charge in [0.2, 0.25) is 5.91 Å². The van der Waals surface area contributed by atoms with Gasteiger partial charge < -0.3 is 14.8 Å². The average molecular weight is 440 g/mol. The SMILES string of the molecule is COc1ccc(-c2nc(CC(=O)Nc3sc4c(c3C#N)CCCC4)cs2)cc1OC. The van der Waals surface area contributed by atoms with Crippen molar-refractivity contribution in [3.8, 4) is 28.1 Å². The first-order chi connectivity index (χ1) is 14.6. The molecular formula is C22H21N3O3S2. The van der Waals surface area contributed by atoms with Crippen LogP contribution >= 0.6 is 22.7 Å². The van der Waals surface area contributed by atoms with Crippen LogP contribution in [0.15, 0.2) is 23.6 Å². The van der Waals surface area contributed by atoms with Crippen molar-refractivity contribution in [2.24, 2.45) is 0 Å². The number of thiophene rings is 1. The van der Waals surface area contributed by atoms with E-state index in [2.05, 4.69) is 16.4 Å². The van der Waals surface area contributed by atoms with Gasteiger partial charge in [-0.15, -0.1) is 22.7 Å². The maximum atomic E-state index is 12.6. The Balaban J connectivity index is 1.48. The first-order valence-electron chi connectivity index (χ1n) is 9.64. The van der Waals surface area contributed by atoms with E-state index < -0.39 is 0 Å². The zero-order valence-electron chi connectivity index (χ0n) is 16.8. The van der Waals surface area contributed by atoms with Gasteiger partial charge in [0.05, 0.1) is 31.9 Å². The quantitative estimate of drug-likeness (QED) is 0.595. The van der Waals surface area contributed by atoms with E-state index in [1.807, 2.05) is 23.6 Å². The maximum Gasteiger partial charge on any atom is 0.231 e. The van der Waals surface area contributed by atoms with Crippen LogP contribution in [0.2, 0.25) is 0 Å². The number of benzene rings is 1. The van der Waals surface area contributed by atoms with Crippen molar-refractivity contribution in [3.05, 3.63) is 45.3 Å². The topological polar surface area (TPSA) is 84.2 Å². The number of nitrogens with one attached hydrogen (secondary N) is 1. The van der Waals surface area contributed by atoms with Crippen LogP contribution in [-0.2, 0) is 24.1 Å². The lowest BCUT2D eigenvalue weighted by atomic mass is 9.96. The van der Waals surface area contributed by atoms with E-state index >= 15 is 0 Å². The van der Waals surface area contributed by atoms with Gasteiger partial charge in [-0.25, -0.2) is 4.98 Å². The minimum atomic E-state index is -0.158. The second-order valence-corrected chi connectivity index (χ2v) is 8.93. The summed E-state index contributed by atoms with van der Waals surface area (Å²) in [7, 11) is 3.19. The zero-order valence-corrected chi connectivity index (χ0v) is 18.4. The number of aryl methyl sites for hydroxylation is 1. The number of hydrogen-bond donors (Lipinski definition) is 1. The summed E-state index contributed by atoms with van der Waals surface area (Å²) in [6, 6.07) is 7.90. The Hall–Kier alpha value is -2.89. The number of methoxy groups -OCH3 is 2. The fourth-order valence-electron chi connectivity index (χ4n) is 3.60. The van der Waals surface area contributed by atoms with Gasteiger partial charge in [0.1, 0.15) is 16.1 Å². The molecule has 30 heavy (non-hydrogen) atoms. The number of rotatable bonds is 6. The van der Waals surface area contributed by atoms with Crippen molar-refractivity contribution in [1.82, 2.24) is 4.98 Å². The van der Waals surface area contributed by atoms with Gasteiger partial charge in [-0.2, -0.15) is 5.26 Å². The molecule has 0 radical (unpaired) electrons. The molecule has 0 aliphatic heterocycles. The molecule has 3 aromatic rings. The molecule has 0 fully saturated rings. The maximum absolute atomic E-state index is 12.6. The van der Waals surface area contributed by atoms with Crippen molar-refractivity contribution < 1.29 is 14.3 Å². The van der Waals surface area contributed by atoms with Crippen LogP contribution in [0.1, 0.15) is 34.5 Å². The number of carbonyl (C=O) groups is 1. The number of fused-ring (bicyclic) bond motifs is 1. The Morgan fingerprint density at radius 3 is 2.80 bits per heavy atom. The van der Waals surface area contributed by atoms with E-state index in [1.54, 1.807) is 14.2 Å². The molecule has 0 saturated heterocycles. The van der Waals surface area contributed by atoms with E-state index in [4.69, 9.17) is 9.47 Å². The summed E-state index contributed by atoms with van der Waals surface area (Å²) in [5.74, 6) is 1.13. The zero-order chi connectivity index (χ0) is 21.1. The molecule has 4 rings (SSSR count). The Bertz CT molecular complexity index is 1130. The highest BCUT2D eigenvalue weighted by Gasteiger charge is 2.22. The lowest BCUT2D eigenvalue weighted by Gasteiger charge is -2.09. The molecule has 0 bridgehead atoms. The highest BCUT2D eigenvalue weighted by atomic mass is 32.1. The van der Waals surface area contributed by atoms with Gasteiger partial charge in [-0.3, -0.25) is 4.79 Å². The van der Waals surface area contributed by atoms with E-state index in [-0.39, 0.29) is 12.3 Å². The molecule has 0 saturated carbocycles. The van der Waals surface area contributed by atoms with Gasteiger partial charge in [0.15, 0.2) is 11.5 Å². The molecule has 0 atom stereocenters. The molecule has 0 unspecified atom stereocenters. The fraction of sp³-hybridized carbons (Fsp3) is 0.318. The normalized spacial score (nSPS) is 12.7. The number of thiazole rings is 1. The van der Waals surface area contributed by atoms with E-state index in [0.29, 0.717) is 27.8 Å². The number of hydrogen-bond acceptors (Lipinski definition) is 7. The number of amides is 1. The van der Waals surface area contributed by atoms with Crippen LogP contribution in [-0.4, -0.2) is 25.1 Å². The molecule has 8 heteroatoms. The van der Waals surface area contributed by atoms with Crippen molar-refractivity contribution in [3.63, 3.8) is 0 Å². The van der Waals surface area contributed by atoms with Gasteiger partial charge >= 0.3 is 0 Å². The standard InChI is InChI=1S/C22H21N3O3S2/c1-27-17-8-7-13(9-18(17)28-2)21-24-14(12-29-21)10-20(26)25-22-16(11-23)15-5-3-4-6-19(15)30-22/h7-9,12H,3-6,10H2,1-2H3,(H,25,26). The third-order valence-electron chi connectivity index (χ3n) is 5.06. The third kappa shape index (κ3) is 4.04. The van der Waals surface area contributed by atoms with Crippen LogP contribution in [0, 0.1) is 11.3 Å². The second kappa shape index (κ2) is 8.86. The highest BCUT2D eigenvalue weighted by Crippen LogP contribution is 2.38. The van der Waals surface area contributed by atoms with E-state index in [0.717, 1.165) is 41.8 Å². The van der Waals surface area contributed by atoms with Crippen LogP contribution in [0.25, 0.3) is 10.6 Å². The number of anilines is 1. The van der Waals surface area contributed by atoms with Gasteiger partial charge in [0.25, 0.3) is 0 Å². The average Bonchev–Trinajstić information content (AvgIpc) is 3.36. The first kappa shape index (κ1) is 20.4. The smallest absolute Gasteiger partial charge is 0.231 e. The Labute approximate surface area is 183 Å². The molecule has 1 amide bonds. The highest BCUT2D eigenvalue weighted by molar-refractivity contribution is 7.16. The summed E-state index contributed by atoms with van der Waals surface area (Å²) in [4.78, 5) is 18.4. The van der Waals surface area contributed by atoms with E-state index in [1.165, 1.54) is 27.6 Å². The van der Waals surface area contributed by atoms with Crippen molar-refractivity contribution in [2.75, 3.05) is 19.5 Å². The molecule has 1 N–H and O–H groups in total. The van der Waals surface area contributed by atoms with Crippen LogP contribution in [0.3, 0.4) is 0 Å². The number of ether oxygens (including phenoxy) is 2. The third-order valence-corrected chi connectivity index (χ3v) is 7.21. The minimum Gasteiger partial charge on any atom is -0.493 e.